The number of carboxylic acids is 1. The standard InChI is InChI=1S/C15H30N2O2/c1-5-13-12-16(4)9-7-11-17(13)10-6-8-15(2,3)14(18)19/h13H,5-12H2,1-4H3,(H,18,19). The van der Waals surface area contributed by atoms with E-state index in [1.165, 1.54) is 19.4 Å². The van der Waals surface area contributed by atoms with Crippen LogP contribution in [0.4, 0.5) is 0 Å². The summed E-state index contributed by atoms with van der Waals surface area (Å²) in [5.74, 6) is -0.685. The van der Waals surface area contributed by atoms with Crippen molar-refractivity contribution in [2.24, 2.45) is 5.41 Å². The number of aliphatic carboxylic acids is 1. The highest BCUT2D eigenvalue weighted by atomic mass is 16.4. The Kier molecular flexibility index (Phi) is 6.27. The number of carboxylic acid groups (broad SMARTS) is 1. The molecule has 0 aromatic heterocycles. The van der Waals surface area contributed by atoms with Crippen LogP contribution in [0.3, 0.4) is 0 Å². The lowest BCUT2D eigenvalue weighted by Gasteiger charge is -2.31. The van der Waals surface area contributed by atoms with E-state index >= 15 is 0 Å². The van der Waals surface area contributed by atoms with Crippen LogP contribution < -0.4 is 0 Å². The lowest BCUT2D eigenvalue weighted by Crippen LogP contribution is -2.40. The van der Waals surface area contributed by atoms with E-state index in [4.69, 9.17) is 5.11 Å². The van der Waals surface area contributed by atoms with Crippen LogP contribution in [0, 0.1) is 5.41 Å². The molecule has 19 heavy (non-hydrogen) atoms. The highest BCUT2D eigenvalue weighted by molar-refractivity contribution is 5.73. The van der Waals surface area contributed by atoms with E-state index in [2.05, 4.69) is 23.8 Å². The molecule has 1 N–H and O–H groups in total. The molecule has 0 aromatic rings. The average molecular weight is 270 g/mol. The summed E-state index contributed by atoms with van der Waals surface area (Å²) in [5, 5.41) is 9.14. The average Bonchev–Trinajstić information content (AvgIpc) is 2.50. The fourth-order valence-electron chi connectivity index (χ4n) is 2.81. The fraction of sp³-hybridized carbons (Fsp3) is 0.933. The number of nitrogens with zero attached hydrogens (tertiary/aromatic N) is 2. The second-order valence-electron chi connectivity index (χ2n) is 6.51. The largest absolute Gasteiger partial charge is 0.481 e. The maximum absolute atomic E-state index is 11.1. The normalized spacial score (nSPS) is 23.3. The Hall–Kier alpha value is -0.610. The Balaban J connectivity index is 2.44. The SMILES string of the molecule is CCC1CN(C)CCCN1CCCC(C)(C)C(=O)O. The second-order valence-corrected chi connectivity index (χ2v) is 6.51. The minimum Gasteiger partial charge on any atom is -0.481 e. The van der Waals surface area contributed by atoms with Crippen molar-refractivity contribution < 1.29 is 9.90 Å². The second kappa shape index (κ2) is 7.25. The van der Waals surface area contributed by atoms with Crippen LogP contribution in [0.2, 0.25) is 0 Å². The quantitative estimate of drug-likeness (QED) is 0.804. The van der Waals surface area contributed by atoms with Crippen LogP contribution in [0.1, 0.15) is 46.5 Å². The number of hydrogen-bond acceptors (Lipinski definition) is 3. The summed E-state index contributed by atoms with van der Waals surface area (Å²) in [6, 6.07) is 0.625. The van der Waals surface area contributed by atoms with E-state index in [-0.39, 0.29) is 0 Å². The van der Waals surface area contributed by atoms with Crippen LogP contribution in [-0.4, -0.2) is 60.1 Å². The zero-order valence-corrected chi connectivity index (χ0v) is 13.0. The molecule has 0 bridgehead atoms. The van der Waals surface area contributed by atoms with Gasteiger partial charge in [-0.25, -0.2) is 0 Å². The first kappa shape index (κ1) is 16.4. The van der Waals surface area contributed by atoms with Gasteiger partial charge in [0.25, 0.3) is 0 Å². The zero-order chi connectivity index (χ0) is 14.5. The minimum absolute atomic E-state index is 0.593. The van der Waals surface area contributed by atoms with Crippen molar-refractivity contribution >= 4 is 5.97 Å². The molecule has 0 aromatic carbocycles. The van der Waals surface area contributed by atoms with Crippen LogP contribution in [0.5, 0.6) is 0 Å². The molecule has 4 heteroatoms. The third kappa shape index (κ3) is 5.11. The first-order chi connectivity index (χ1) is 8.86. The van der Waals surface area contributed by atoms with Crippen molar-refractivity contribution in [1.29, 1.82) is 0 Å². The minimum atomic E-state index is -0.685. The topological polar surface area (TPSA) is 43.8 Å². The first-order valence-electron chi connectivity index (χ1n) is 7.53. The number of likely N-dealkylation sites (N-methyl/N-ethyl adjacent to an activating group) is 1. The van der Waals surface area contributed by atoms with Gasteiger partial charge in [-0.3, -0.25) is 9.69 Å². The van der Waals surface area contributed by atoms with E-state index in [1.54, 1.807) is 0 Å². The zero-order valence-electron chi connectivity index (χ0n) is 13.0. The molecule has 1 unspecified atom stereocenters. The molecule has 112 valence electrons. The van der Waals surface area contributed by atoms with Gasteiger partial charge in [0.2, 0.25) is 0 Å². The Morgan fingerprint density at radius 1 is 1.37 bits per heavy atom. The first-order valence-corrected chi connectivity index (χ1v) is 7.53. The van der Waals surface area contributed by atoms with Gasteiger partial charge in [0.1, 0.15) is 0 Å². The smallest absolute Gasteiger partial charge is 0.309 e. The van der Waals surface area contributed by atoms with Gasteiger partial charge < -0.3 is 10.0 Å². The number of hydrogen-bond donors (Lipinski definition) is 1. The van der Waals surface area contributed by atoms with E-state index in [9.17, 15) is 4.79 Å². The Morgan fingerprint density at radius 3 is 2.63 bits per heavy atom. The highest BCUT2D eigenvalue weighted by Gasteiger charge is 2.27. The summed E-state index contributed by atoms with van der Waals surface area (Å²) in [7, 11) is 2.19. The fourth-order valence-corrected chi connectivity index (χ4v) is 2.81. The van der Waals surface area contributed by atoms with Gasteiger partial charge in [0.05, 0.1) is 5.41 Å². The van der Waals surface area contributed by atoms with Crippen molar-refractivity contribution in [3.8, 4) is 0 Å². The Labute approximate surface area is 117 Å². The molecule has 1 aliphatic heterocycles. The molecule has 0 radical (unpaired) electrons. The molecule has 4 nitrogen and oxygen atoms in total. The Bertz CT molecular complexity index is 292. The molecule has 1 aliphatic rings. The van der Waals surface area contributed by atoms with Crippen LogP contribution in [-0.2, 0) is 4.79 Å². The van der Waals surface area contributed by atoms with Crippen molar-refractivity contribution in [1.82, 2.24) is 9.80 Å². The van der Waals surface area contributed by atoms with Crippen molar-refractivity contribution in [3.63, 3.8) is 0 Å². The molecule has 0 amide bonds. The van der Waals surface area contributed by atoms with Crippen LogP contribution in [0.25, 0.3) is 0 Å². The predicted molar refractivity (Wildman–Crippen MR) is 78.4 cm³/mol. The molecule has 0 saturated carbocycles. The molecule has 1 saturated heterocycles. The van der Waals surface area contributed by atoms with Crippen molar-refractivity contribution in [2.75, 3.05) is 33.2 Å². The summed E-state index contributed by atoms with van der Waals surface area (Å²) in [6.07, 6.45) is 4.12. The maximum atomic E-state index is 11.1. The molecule has 1 fully saturated rings. The van der Waals surface area contributed by atoms with Gasteiger partial charge in [-0.15, -0.1) is 0 Å². The third-order valence-electron chi connectivity index (χ3n) is 4.32. The molecular formula is C15H30N2O2. The van der Waals surface area contributed by atoms with Gasteiger partial charge in [0, 0.05) is 12.6 Å². The highest BCUT2D eigenvalue weighted by Crippen LogP contribution is 2.23. The Morgan fingerprint density at radius 2 is 2.05 bits per heavy atom. The molecule has 0 spiro atoms. The van der Waals surface area contributed by atoms with Crippen LogP contribution in [0.15, 0.2) is 0 Å². The summed E-state index contributed by atoms with van der Waals surface area (Å²) < 4.78 is 0. The van der Waals surface area contributed by atoms with E-state index in [0.717, 1.165) is 32.5 Å². The summed E-state index contributed by atoms with van der Waals surface area (Å²) in [6.45, 7) is 10.4. The molecule has 1 atom stereocenters. The van der Waals surface area contributed by atoms with E-state index in [0.29, 0.717) is 6.04 Å². The van der Waals surface area contributed by atoms with Crippen molar-refractivity contribution in [3.05, 3.63) is 0 Å². The monoisotopic (exact) mass is 270 g/mol. The lowest BCUT2D eigenvalue weighted by atomic mass is 9.88. The predicted octanol–water partition coefficient (Wildman–Crippen LogP) is 2.29. The molecule has 1 rings (SSSR count). The molecule has 0 aliphatic carbocycles. The number of rotatable bonds is 6. The number of carbonyl (C=O) groups is 1. The maximum Gasteiger partial charge on any atom is 0.309 e. The van der Waals surface area contributed by atoms with Crippen LogP contribution >= 0.6 is 0 Å². The van der Waals surface area contributed by atoms with E-state index in [1.807, 2.05) is 13.8 Å². The van der Waals surface area contributed by atoms with Gasteiger partial charge in [0.15, 0.2) is 0 Å². The third-order valence-corrected chi connectivity index (χ3v) is 4.32. The van der Waals surface area contributed by atoms with E-state index < -0.39 is 11.4 Å². The summed E-state index contributed by atoms with van der Waals surface area (Å²) in [4.78, 5) is 16.1. The van der Waals surface area contributed by atoms with Crippen molar-refractivity contribution in [2.45, 2.75) is 52.5 Å². The van der Waals surface area contributed by atoms with Gasteiger partial charge in [-0.05, 0) is 66.2 Å². The van der Waals surface area contributed by atoms with Gasteiger partial charge in [-0.1, -0.05) is 6.92 Å². The van der Waals surface area contributed by atoms with Gasteiger partial charge in [-0.2, -0.15) is 0 Å². The molecular weight excluding hydrogens is 240 g/mol. The van der Waals surface area contributed by atoms with Gasteiger partial charge >= 0.3 is 5.97 Å². The molecule has 1 heterocycles. The summed E-state index contributed by atoms with van der Waals surface area (Å²) in [5.41, 5.74) is -0.593. The lowest BCUT2D eigenvalue weighted by molar-refractivity contribution is -0.147. The summed E-state index contributed by atoms with van der Waals surface area (Å²) >= 11 is 0.